The molecule has 2 unspecified atom stereocenters. The van der Waals surface area contributed by atoms with Gasteiger partial charge in [0.05, 0.1) is 17.6 Å². The molecule has 8 nitrogen and oxygen atoms in total. The van der Waals surface area contributed by atoms with Gasteiger partial charge in [-0.1, -0.05) is 35.9 Å². The van der Waals surface area contributed by atoms with Gasteiger partial charge in [-0.15, -0.1) is 0 Å². The lowest BCUT2D eigenvalue weighted by molar-refractivity contribution is 0.606. The minimum Gasteiger partial charge on any atom is -0.368 e. The van der Waals surface area contributed by atoms with Gasteiger partial charge in [-0.05, 0) is 47.5 Å². The van der Waals surface area contributed by atoms with Crippen molar-refractivity contribution in [1.82, 2.24) is 19.9 Å². The first-order valence-corrected chi connectivity index (χ1v) is 12.3. The van der Waals surface area contributed by atoms with Crippen molar-refractivity contribution < 1.29 is 8.42 Å². The summed E-state index contributed by atoms with van der Waals surface area (Å²) < 4.78 is 26.0. The normalized spacial score (nSPS) is 13.3. The van der Waals surface area contributed by atoms with Crippen LogP contribution < -0.4 is 10.5 Å². The average molecular weight is 481 g/mol. The second-order valence-corrected chi connectivity index (χ2v) is 9.64. The van der Waals surface area contributed by atoms with Crippen molar-refractivity contribution in [3.8, 4) is 0 Å². The summed E-state index contributed by atoms with van der Waals surface area (Å²) in [6.45, 7) is 0. The van der Waals surface area contributed by atoms with Crippen molar-refractivity contribution in [2.24, 2.45) is 0 Å². The third-order valence-corrected chi connectivity index (χ3v) is 5.83. The molecule has 3 heterocycles. The largest absolute Gasteiger partial charge is 0.368 e. The van der Waals surface area contributed by atoms with Crippen molar-refractivity contribution in [3.05, 3.63) is 107 Å². The van der Waals surface area contributed by atoms with E-state index in [0.29, 0.717) is 16.4 Å². The van der Waals surface area contributed by atoms with Crippen molar-refractivity contribution in [2.75, 3.05) is 16.7 Å². The van der Waals surface area contributed by atoms with Crippen molar-refractivity contribution in [3.63, 3.8) is 0 Å². The topological polar surface area (TPSA) is 124 Å². The smallest absolute Gasteiger partial charge is 0.230 e. The zero-order chi connectivity index (χ0) is 23.4. The second-order valence-electron chi connectivity index (χ2n) is 7.45. The van der Waals surface area contributed by atoms with E-state index in [2.05, 4.69) is 24.7 Å². The van der Waals surface area contributed by atoms with Gasteiger partial charge < -0.3 is 5.73 Å². The number of halogens is 1. The van der Waals surface area contributed by atoms with E-state index in [9.17, 15) is 8.42 Å². The Labute approximate surface area is 197 Å². The number of nitrogen functional groups attached to an aromatic ring is 1. The van der Waals surface area contributed by atoms with Gasteiger partial charge in [-0.2, -0.15) is 0 Å². The summed E-state index contributed by atoms with van der Waals surface area (Å²) in [5.41, 5.74) is 9.04. The van der Waals surface area contributed by atoms with E-state index in [1.54, 1.807) is 36.8 Å². The molecule has 4 rings (SSSR count). The lowest BCUT2D eigenvalue weighted by Crippen LogP contribution is -2.19. The maximum atomic E-state index is 11.8. The number of pyridine rings is 2. The Hall–Kier alpha value is -3.56. The lowest BCUT2D eigenvalue weighted by Gasteiger charge is -2.28. The highest BCUT2D eigenvalue weighted by atomic mass is 35.5. The predicted molar refractivity (Wildman–Crippen MR) is 129 cm³/mol. The first kappa shape index (κ1) is 22.6. The summed E-state index contributed by atoms with van der Waals surface area (Å²) in [5.74, 6) is -0.328. The molecule has 3 N–H and O–H groups in total. The average Bonchev–Trinajstić information content (AvgIpc) is 2.78. The van der Waals surface area contributed by atoms with Gasteiger partial charge in [-0.3, -0.25) is 9.71 Å². The number of hydrogen-bond donors (Lipinski definition) is 2. The Kier molecular flexibility index (Phi) is 6.52. The number of benzene rings is 1. The molecular weight excluding hydrogens is 460 g/mol. The van der Waals surface area contributed by atoms with E-state index < -0.39 is 10.0 Å². The number of nitrogens with one attached hydrogen (secondary N) is 1. The molecule has 33 heavy (non-hydrogen) atoms. The monoisotopic (exact) mass is 480 g/mol. The van der Waals surface area contributed by atoms with Crippen LogP contribution in [0.3, 0.4) is 0 Å². The van der Waals surface area contributed by atoms with Gasteiger partial charge in [0.25, 0.3) is 0 Å². The molecule has 4 aromatic rings. The van der Waals surface area contributed by atoms with Gasteiger partial charge in [0.15, 0.2) is 0 Å². The first-order valence-electron chi connectivity index (χ1n) is 9.99. The van der Waals surface area contributed by atoms with E-state index >= 15 is 0 Å². The summed E-state index contributed by atoms with van der Waals surface area (Å²) in [4.78, 5) is 17.5. The van der Waals surface area contributed by atoms with Gasteiger partial charge in [0, 0.05) is 35.4 Å². The number of sulfonamides is 1. The van der Waals surface area contributed by atoms with Crippen LogP contribution in [0.15, 0.2) is 79.3 Å². The number of aromatic nitrogens is 4. The Morgan fingerprint density at radius 2 is 1.61 bits per heavy atom. The zero-order valence-corrected chi connectivity index (χ0v) is 19.2. The molecule has 10 heteroatoms. The summed E-state index contributed by atoms with van der Waals surface area (Å²) in [5, 5.41) is 0.607. The maximum absolute atomic E-state index is 11.8. The Bertz CT molecular complexity index is 1350. The van der Waals surface area contributed by atoms with Crippen LogP contribution in [0.2, 0.25) is 5.02 Å². The molecule has 1 aromatic carbocycles. The highest BCUT2D eigenvalue weighted by Gasteiger charge is 2.31. The fraction of sp³-hybridized carbons (Fsp3) is 0.130. The minimum absolute atomic E-state index is 0.150. The van der Waals surface area contributed by atoms with Gasteiger partial charge in [-0.25, -0.2) is 23.4 Å². The Balaban J connectivity index is 1.94. The van der Waals surface area contributed by atoms with E-state index in [-0.39, 0.29) is 23.6 Å². The number of nitrogens with two attached hydrogens (primary N) is 1. The highest BCUT2D eigenvalue weighted by molar-refractivity contribution is 7.92. The van der Waals surface area contributed by atoms with Crippen LogP contribution >= 0.6 is 11.6 Å². The highest BCUT2D eigenvalue weighted by Crippen LogP contribution is 2.42. The molecule has 168 valence electrons. The maximum Gasteiger partial charge on any atom is 0.230 e. The lowest BCUT2D eigenvalue weighted by atomic mass is 9.77. The molecule has 3 aromatic heterocycles. The zero-order valence-electron chi connectivity index (χ0n) is 17.6. The molecule has 0 spiro atoms. The molecule has 0 radical (unpaired) electrons. The first-order chi connectivity index (χ1) is 15.8. The number of rotatable bonds is 7. The fourth-order valence-corrected chi connectivity index (χ4v) is 4.35. The quantitative estimate of drug-likeness (QED) is 0.411. The van der Waals surface area contributed by atoms with Crippen LogP contribution in [0.5, 0.6) is 0 Å². The molecule has 2 atom stereocenters. The molecule has 0 fully saturated rings. The fourth-order valence-electron chi connectivity index (χ4n) is 3.73. The summed E-state index contributed by atoms with van der Waals surface area (Å²) in [6.07, 6.45) is 6.14. The van der Waals surface area contributed by atoms with Crippen LogP contribution in [0.1, 0.15) is 34.4 Å². The van der Waals surface area contributed by atoms with Gasteiger partial charge in [0.2, 0.25) is 16.0 Å². The Morgan fingerprint density at radius 3 is 2.27 bits per heavy atom. The Morgan fingerprint density at radius 1 is 0.879 bits per heavy atom. The number of hydrogen-bond acceptors (Lipinski definition) is 7. The number of nitrogens with zero attached hydrogens (tertiary/aromatic N) is 4. The molecule has 0 aliphatic rings. The molecular formula is C23H21ClN6O2S. The number of anilines is 2. The molecule has 0 saturated carbocycles. The van der Waals surface area contributed by atoms with E-state index in [0.717, 1.165) is 17.4 Å². The van der Waals surface area contributed by atoms with Crippen molar-refractivity contribution in [2.45, 2.75) is 11.8 Å². The molecule has 0 aliphatic heterocycles. The van der Waals surface area contributed by atoms with Gasteiger partial charge in [0.1, 0.15) is 5.82 Å². The van der Waals surface area contributed by atoms with E-state index in [1.165, 1.54) is 0 Å². The van der Waals surface area contributed by atoms with Crippen LogP contribution in [0.4, 0.5) is 11.8 Å². The molecule has 0 saturated heterocycles. The molecule has 0 aliphatic carbocycles. The third-order valence-electron chi connectivity index (χ3n) is 5.00. The van der Waals surface area contributed by atoms with Crippen molar-refractivity contribution in [1.29, 1.82) is 0 Å². The van der Waals surface area contributed by atoms with Gasteiger partial charge >= 0.3 is 0 Å². The van der Waals surface area contributed by atoms with E-state index in [4.69, 9.17) is 17.3 Å². The van der Waals surface area contributed by atoms with E-state index in [1.807, 2.05) is 42.5 Å². The summed E-state index contributed by atoms with van der Waals surface area (Å²) >= 11 is 6.15. The van der Waals surface area contributed by atoms with Crippen LogP contribution in [0, 0.1) is 0 Å². The standard InChI is InChI=1S/C23H21ClN6O2S/c1-33(31,32)30-20-6-2-5-18(28-20)22(16-4-3-12-26-14-16)21(15-7-9-17(24)10-8-15)19-11-13-27-23(25)29-19/h2-14,21-22H,1H3,(H,28,30)(H2,25,27,29). The van der Waals surface area contributed by atoms with Crippen LogP contribution in [-0.2, 0) is 10.0 Å². The summed E-state index contributed by atoms with van der Waals surface area (Å²) in [7, 11) is -3.50. The second kappa shape index (κ2) is 9.51. The van der Waals surface area contributed by atoms with Crippen molar-refractivity contribution >= 4 is 33.4 Å². The summed E-state index contributed by atoms with van der Waals surface area (Å²) in [6, 6.07) is 18.3. The molecule has 0 bridgehead atoms. The SMILES string of the molecule is CS(=O)(=O)Nc1cccc(C(c2cccnc2)C(c2ccc(Cl)cc2)c2ccnc(N)n2)n1. The third kappa shape index (κ3) is 5.63. The van der Waals surface area contributed by atoms with Crippen LogP contribution in [0.25, 0.3) is 0 Å². The predicted octanol–water partition coefficient (Wildman–Crippen LogP) is 3.84. The molecule has 0 amide bonds. The van der Waals surface area contributed by atoms with Crippen LogP contribution in [-0.4, -0.2) is 34.6 Å². The minimum atomic E-state index is -3.50.